The molecule has 0 spiro atoms. The van der Waals surface area contributed by atoms with Crippen LogP contribution in [0.15, 0.2) is 71.7 Å². The lowest BCUT2D eigenvalue weighted by Crippen LogP contribution is -2.30. The standard InChI is InChI=1S/C24H26N4O2/c29-23(13-15-28-30-22-7-3-5-19-4-1-2-6-21(19)22)25-14-12-18-8-10-20(11-9-18)24-26-16-17-27-24/h1-11,28H,12-17H2,(H,25,29)(H,26,27). The Bertz CT molecular complexity index is 1030. The maximum atomic E-state index is 12.1. The van der Waals surface area contributed by atoms with Gasteiger partial charge in [0.15, 0.2) is 5.75 Å². The molecule has 1 aliphatic rings. The highest BCUT2D eigenvalue weighted by atomic mass is 16.6. The summed E-state index contributed by atoms with van der Waals surface area (Å²) < 4.78 is 0. The third-order valence-electron chi connectivity index (χ3n) is 5.02. The van der Waals surface area contributed by atoms with Crippen LogP contribution >= 0.6 is 0 Å². The zero-order valence-corrected chi connectivity index (χ0v) is 16.9. The second-order valence-electron chi connectivity index (χ2n) is 7.18. The van der Waals surface area contributed by atoms with Crippen molar-refractivity contribution in [3.8, 4) is 5.75 Å². The first-order chi connectivity index (χ1) is 14.8. The van der Waals surface area contributed by atoms with E-state index in [1.807, 2.05) is 42.5 Å². The summed E-state index contributed by atoms with van der Waals surface area (Å²) in [7, 11) is 0. The molecule has 154 valence electrons. The number of carbonyl (C=O) groups excluding carboxylic acids is 1. The van der Waals surface area contributed by atoms with Gasteiger partial charge in [-0.3, -0.25) is 9.79 Å². The van der Waals surface area contributed by atoms with Gasteiger partial charge in [0, 0.05) is 37.0 Å². The number of amidine groups is 1. The summed E-state index contributed by atoms with van der Waals surface area (Å²) in [4.78, 5) is 22.1. The van der Waals surface area contributed by atoms with Crippen LogP contribution in [0.4, 0.5) is 0 Å². The first-order valence-corrected chi connectivity index (χ1v) is 10.3. The van der Waals surface area contributed by atoms with Crippen molar-refractivity contribution in [1.82, 2.24) is 16.1 Å². The molecule has 6 heteroatoms. The number of hydrogen-bond acceptors (Lipinski definition) is 5. The Hall–Kier alpha value is -3.38. The van der Waals surface area contributed by atoms with Gasteiger partial charge in [0.25, 0.3) is 0 Å². The van der Waals surface area contributed by atoms with E-state index in [4.69, 9.17) is 4.84 Å². The van der Waals surface area contributed by atoms with Crippen LogP contribution in [-0.2, 0) is 11.2 Å². The van der Waals surface area contributed by atoms with E-state index >= 15 is 0 Å². The van der Waals surface area contributed by atoms with E-state index in [1.54, 1.807) is 0 Å². The largest absolute Gasteiger partial charge is 0.408 e. The minimum absolute atomic E-state index is 0.00477. The van der Waals surface area contributed by atoms with E-state index < -0.39 is 0 Å². The number of rotatable bonds is 9. The van der Waals surface area contributed by atoms with Gasteiger partial charge in [-0.05, 0) is 23.4 Å². The predicted octanol–water partition coefficient (Wildman–Crippen LogP) is 2.82. The topological polar surface area (TPSA) is 74.8 Å². The normalized spacial score (nSPS) is 13.0. The zero-order valence-electron chi connectivity index (χ0n) is 16.9. The zero-order chi connectivity index (χ0) is 20.6. The maximum Gasteiger partial charge on any atom is 0.221 e. The van der Waals surface area contributed by atoms with Gasteiger partial charge in [-0.15, -0.1) is 0 Å². The summed E-state index contributed by atoms with van der Waals surface area (Å²) in [6, 6.07) is 22.3. The van der Waals surface area contributed by atoms with E-state index in [-0.39, 0.29) is 5.91 Å². The van der Waals surface area contributed by atoms with Gasteiger partial charge in [0.2, 0.25) is 5.91 Å². The van der Waals surface area contributed by atoms with E-state index in [2.05, 4.69) is 45.4 Å². The molecule has 0 fully saturated rings. The molecule has 0 unspecified atom stereocenters. The molecule has 3 aromatic rings. The first kappa shape index (κ1) is 19.9. The molecule has 3 aromatic carbocycles. The number of hydroxylamine groups is 1. The highest BCUT2D eigenvalue weighted by Gasteiger charge is 2.08. The molecular formula is C24H26N4O2. The molecule has 0 saturated carbocycles. The van der Waals surface area contributed by atoms with E-state index in [1.165, 1.54) is 5.56 Å². The molecule has 30 heavy (non-hydrogen) atoms. The Labute approximate surface area is 176 Å². The van der Waals surface area contributed by atoms with Crippen LogP contribution in [-0.4, -0.2) is 37.9 Å². The average Bonchev–Trinajstić information content (AvgIpc) is 3.32. The minimum Gasteiger partial charge on any atom is -0.408 e. The van der Waals surface area contributed by atoms with Crippen LogP contribution in [0.1, 0.15) is 17.5 Å². The highest BCUT2D eigenvalue weighted by molar-refractivity contribution is 5.99. The molecule has 0 atom stereocenters. The molecular weight excluding hydrogens is 376 g/mol. The van der Waals surface area contributed by atoms with Crippen LogP contribution in [0.2, 0.25) is 0 Å². The second-order valence-corrected chi connectivity index (χ2v) is 7.18. The number of aliphatic imine (C=N–C) groups is 1. The molecule has 0 aromatic heterocycles. The molecule has 0 saturated heterocycles. The van der Waals surface area contributed by atoms with Crippen LogP contribution in [0, 0.1) is 0 Å². The number of benzene rings is 3. The molecule has 0 radical (unpaired) electrons. The van der Waals surface area contributed by atoms with Crippen LogP contribution in [0.5, 0.6) is 5.75 Å². The monoisotopic (exact) mass is 402 g/mol. The summed E-state index contributed by atoms with van der Waals surface area (Å²) in [5.74, 6) is 1.73. The van der Waals surface area contributed by atoms with E-state index in [0.29, 0.717) is 19.5 Å². The molecule has 1 aliphatic heterocycles. The van der Waals surface area contributed by atoms with Crippen LogP contribution < -0.4 is 21.0 Å². The fraction of sp³-hybridized carbons (Fsp3) is 0.250. The lowest BCUT2D eigenvalue weighted by Gasteiger charge is -2.10. The van der Waals surface area contributed by atoms with Crippen molar-refractivity contribution < 1.29 is 9.63 Å². The number of hydrogen-bond donors (Lipinski definition) is 3. The summed E-state index contributed by atoms with van der Waals surface area (Å²) in [5.41, 5.74) is 5.19. The lowest BCUT2D eigenvalue weighted by molar-refractivity contribution is -0.121. The second kappa shape index (κ2) is 9.89. The van der Waals surface area contributed by atoms with Gasteiger partial charge in [0.05, 0.1) is 6.54 Å². The molecule has 1 amide bonds. The van der Waals surface area contributed by atoms with Gasteiger partial charge in [-0.25, -0.2) is 0 Å². The summed E-state index contributed by atoms with van der Waals surface area (Å²) in [5, 5.41) is 8.39. The number of fused-ring (bicyclic) bond motifs is 1. The molecule has 1 heterocycles. The third kappa shape index (κ3) is 5.15. The van der Waals surface area contributed by atoms with E-state index in [0.717, 1.165) is 47.4 Å². The maximum absolute atomic E-state index is 12.1. The Morgan fingerprint density at radius 1 is 1.00 bits per heavy atom. The Morgan fingerprint density at radius 2 is 1.83 bits per heavy atom. The molecule has 0 aliphatic carbocycles. The van der Waals surface area contributed by atoms with Gasteiger partial charge in [-0.1, -0.05) is 60.7 Å². The number of nitrogens with zero attached hydrogens (tertiary/aromatic N) is 1. The van der Waals surface area contributed by atoms with Crippen molar-refractivity contribution >= 4 is 22.5 Å². The van der Waals surface area contributed by atoms with Crippen molar-refractivity contribution in [2.24, 2.45) is 4.99 Å². The van der Waals surface area contributed by atoms with Gasteiger partial charge in [0.1, 0.15) is 5.84 Å². The molecule has 6 nitrogen and oxygen atoms in total. The van der Waals surface area contributed by atoms with E-state index in [9.17, 15) is 4.79 Å². The minimum atomic E-state index is 0.00477. The first-order valence-electron chi connectivity index (χ1n) is 10.3. The van der Waals surface area contributed by atoms with Gasteiger partial charge < -0.3 is 15.5 Å². The number of amides is 1. The van der Waals surface area contributed by atoms with Crippen LogP contribution in [0.3, 0.4) is 0 Å². The molecule has 4 rings (SSSR count). The summed E-state index contributed by atoms with van der Waals surface area (Å²) in [6.45, 7) is 2.80. The molecule has 3 N–H and O–H groups in total. The van der Waals surface area contributed by atoms with Crippen molar-refractivity contribution in [1.29, 1.82) is 0 Å². The van der Waals surface area contributed by atoms with Crippen molar-refractivity contribution in [2.75, 3.05) is 26.2 Å². The fourth-order valence-corrected chi connectivity index (χ4v) is 3.43. The van der Waals surface area contributed by atoms with Crippen molar-refractivity contribution in [2.45, 2.75) is 12.8 Å². The highest BCUT2D eigenvalue weighted by Crippen LogP contribution is 2.24. The number of carbonyl (C=O) groups is 1. The SMILES string of the molecule is O=C(CCNOc1cccc2ccccc12)NCCc1ccc(C2=NCCN2)cc1. The Balaban J connectivity index is 1.15. The smallest absolute Gasteiger partial charge is 0.221 e. The summed E-state index contributed by atoms with van der Waals surface area (Å²) >= 11 is 0. The quantitative estimate of drug-likeness (QED) is 0.380. The summed E-state index contributed by atoms with van der Waals surface area (Å²) in [6.07, 6.45) is 1.15. The average molecular weight is 402 g/mol. The lowest BCUT2D eigenvalue weighted by atomic mass is 10.1. The predicted molar refractivity (Wildman–Crippen MR) is 120 cm³/mol. The fourth-order valence-electron chi connectivity index (χ4n) is 3.43. The van der Waals surface area contributed by atoms with Gasteiger partial charge in [-0.2, -0.15) is 5.48 Å². The van der Waals surface area contributed by atoms with Crippen molar-refractivity contribution in [3.05, 3.63) is 77.9 Å². The van der Waals surface area contributed by atoms with Crippen molar-refractivity contribution in [3.63, 3.8) is 0 Å². The molecule has 0 bridgehead atoms. The van der Waals surface area contributed by atoms with Gasteiger partial charge >= 0.3 is 0 Å². The number of nitrogens with one attached hydrogen (secondary N) is 3. The Morgan fingerprint density at radius 3 is 2.67 bits per heavy atom. The third-order valence-corrected chi connectivity index (χ3v) is 5.02. The Kier molecular flexibility index (Phi) is 6.57. The van der Waals surface area contributed by atoms with Crippen LogP contribution in [0.25, 0.3) is 10.8 Å².